The Hall–Kier alpha value is -2.86. The van der Waals surface area contributed by atoms with Crippen LogP contribution < -0.4 is 14.7 Å². The van der Waals surface area contributed by atoms with Gasteiger partial charge in [-0.1, -0.05) is 42.5 Å². The maximum atomic E-state index is 12.5. The lowest BCUT2D eigenvalue weighted by Gasteiger charge is -2.30. The molecule has 2 aromatic carbocycles. The van der Waals surface area contributed by atoms with Crippen molar-refractivity contribution in [3.05, 3.63) is 60.2 Å². The standard InChI is InChI=1S/C21H23NO5/c23-20(24)14-17(16-6-2-1-3-7-16)15-21(25)27-19-9-5-4-8-18(19)22-10-12-26-13-11-22/h1-9,17H,10-15H2,(H,23,24)/p-1/t17-/m1/s1. The summed E-state index contributed by atoms with van der Waals surface area (Å²) in [6.45, 7) is 2.71. The van der Waals surface area contributed by atoms with Gasteiger partial charge in [-0.05, 0) is 30.0 Å². The van der Waals surface area contributed by atoms with Crippen LogP contribution in [0.5, 0.6) is 5.75 Å². The van der Waals surface area contributed by atoms with Crippen LogP contribution in [0.25, 0.3) is 0 Å². The summed E-state index contributed by atoms with van der Waals surface area (Å²) in [6.07, 6.45) is -0.264. The van der Waals surface area contributed by atoms with Gasteiger partial charge in [0.25, 0.3) is 0 Å². The highest BCUT2D eigenvalue weighted by atomic mass is 16.5. The molecule has 0 N–H and O–H groups in total. The van der Waals surface area contributed by atoms with Crippen LogP contribution in [0.3, 0.4) is 0 Å². The zero-order valence-electron chi connectivity index (χ0n) is 15.0. The largest absolute Gasteiger partial charge is 0.550 e. The van der Waals surface area contributed by atoms with Crippen molar-refractivity contribution in [3.63, 3.8) is 0 Å². The molecular weight excluding hydrogens is 346 g/mol. The van der Waals surface area contributed by atoms with E-state index in [0.717, 1.165) is 24.3 Å². The molecule has 27 heavy (non-hydrogen) atoms. The fourth-order valence-electron chi connectivity index (χ4n) is 3.21. The number of nitrogens with zero attached hydrogens (tertiary/aromatic N) is 1. The van der Waals surface area contributed by atoms with E-state index in [0.29, 0.717) is 19.0 Å². The number of ether oxygens (including phenoxy) is 2. The van der Waals surface area contributed by atoms with Crippen LogP contribution in [0.2, 0.25) is 0 Å². The van der Waals surface area contributed by atoms with Gasteiger partial charge in [-0.25, -0.2) is 0 Å². The summed E-state index contributed by atoms with van der Waals surface area (Å²) in [5.74, 6) is -1.67. The number of hydrogen-bond donors (Lipinski definition) is 0. The highest BCUT2D eigenvalue weighted by Gasteiger charge is 2.21. The van der Waals surface area contributed by atoms with Gasteiger partial charge in [0.15, 0.2) is 5.75 Å². The molecule has 0 amide bonds. The number of carboxylic acid groups (broad SMARTS) is 1. The second kappa shape index (κ2) is 9.19. The molecule has 1 atom stereocenters. The Kier molecular flexibility index (Phi) is 6.44. The highest BCUT2D eigenvalue weighted by Crippen LogP contribution is 2.30. The van der Waals surface area contributed by atoms with Crippen molar-refractivity contribution in [2.24, 2.45) is 0 Å². The third-order valence-corrected chi connectivity index (χ3v) is 4.54. The molecule has 3 rings (SSSR count). The van der Waals surface area contributed by atoms with Gasteiger partial charge in [0.1, 0.15) is 0 Å². The molecule has 1 heterocycles. The van der Waals surface area contributed by atoms with E-state index in [2.05, 4.69) is 4.90 Å². The van der Waals surface area contributed by atoms with Gasteiger partial charge in [0.05, 0.1) is 25.3 Å². The molecule has 6 nitrogen and oxygen atoms in total. The molecule has 0 aliphatic carbocycles. The quantitative estimate of drug-likeness (QED) is 0.547. The zero-order valence-corrected chi connectivity index (χ0v) is 15.0. The van der Waals surface area contributed by atoms with Crippen LogP contribution in [0.15, 0.2) is 54.6 Å². The summed E-state index contributed by atoms with van der Waals surface area (Å²) in [4.78, 5) is 25.7. The van der Waals surface area contributed by atoms with E-state index in [1.807, 2.05) is 48.5 Å². The molecule has 1 aliphatic rings. The maximum Gasteiger partial charge on any atom is 0.311 e. The molecule has 0 bridgehead atoms. The second-order valence-electron chi connectivity index (χ2n) is 6.43. The lowest BCUT2D eigenvalue weighted by atomic mass is 9.92. The molecule has 0 saturated carbocycles. The molecule has 1 aliphatic heterocycles. The molecule has 0 unspecified atom stereocenters. The summed E-state index contributed by atoms with van der Waals surface area (Å²) in [7, 11) is 0. The van der Waals surface area contributed by atoms with Gasteiger partial charge in [-0.3, -0.25) is 4.79 Å². The third-order valence-electron chi connectivity index (χ3n) is 4.54. The number of carbonyl (C=O) groups is 2. The van der Waals surface area contributed by atoms with E-state index in [9.17, 15) is 14.7 Å². The van der Waals surface area contributed by atoms with Gasteiger partial charge in [-0.15, -0.1) is 0 Å². The minimum atomic E-state index is -1.19. The minimum absolute atomic E-state index is 0.0323. The number of anilines is 1. The summed E-state index contributed by atoms with van der Waals surface area (Å²) in [5.41, 5.74) is 1.62. The molecule has 1 fully saturated rings. The van der Waals surface area contributed by atoms with Crippen molar-refractivity contribution < 1.29 is 24.2 Å². The van der Waals surface area contributed by atoms with Crippen molar-refractivity contribution in [1.82, 2.24) is 0 Å². The number of carboxylic acids is 1. The van der Waals surface area contributed by atoms with Crippen LogP contribution in [-0.4, -0.2) is 38.2 Å². The van der Waals surface area contributed by atoms with Crippen molar-refractivity contribution >= 4 is 17.6 Å². The number of morpholine rings is 1. The van der Waals surface area contributed by atoms with E-state index in [1.165, 1.54) is 0 Å². The van der Waals surface area contributed by atoms with E-state index >= 15 is 0 Å². The SMILES string of the molecule is O=C([O-])C[C@H](CC(=O)Oc1ccccc1N1CCOCC1)c1ccccc1. The lowest BCUT2D eigenvalue weighted by molar-refractivity contribution is -0.306. The predicted octanol–water partition coefficient (Wildman–Crippen LogP) is 1.74. The molecule has 142 valence electrons. The van der Waals surface area contributed by atoms with Crippen LogP contribution in [0.1, 0.15) is 24.3 Å². The first-order chi connectivity index (χ1) is 13.1. The first kappa shape index (κ1) is 18.9. The molecular formula is C21H22NO5-. The van der Waals surface area contributed by atoms with Crippen LogP contribution >= 0.6 is 0 Å². The van der Waals surface area contributed by atoms with E-state index in [-0.39, 0.29) is 12.8 Å². The molecule has 0 radical (unpaired) electrons. The van der Waals surface area contributed by atoms with Gasteiger partial charge in [0, 0.05) is 19.1 Å². The van der Waals surface area contributed by atoms with Gasteiger partial charge >= 0.3 is 5.97 Å². The lowest BCUT2D eigenvalue weighted by Crippen LogP contribution is -2.36. The van der Waals surface area contributed by atoms with E-state index in [1.54, 1.807) is 6.07 Å². The Balaban J connectivity index is 1.71. The van der Waals surface area contributed by atoms with Crippen LogP contribution in [-0.2, 0) is 14.3 Å². The Labute approximate surface area is 158 Å². The number of benzene rings is 2. The molecule has 1 saturated heterocycles. The number of rotatable bonds is 7. The summed E-state index contributed by atoms with van der Waals surface area (Å²) in [6, 6.07) is 16.4. The average molecular weight is 368 g/mol. The summed E-state index contributed by atoms with van der Waals surface area (Å²) < 4.78 is 11.0. The van der Waals surface area contributed by atoms with Crippen molar-refractivity contribution in [1.29, 1.82) is 0 Å². The van der Waals surface area contributed by atoms with Crippen LogP contribution in [0.4, 0.5) is 5.69 Å². The minimum Gasteiger partial charge on any atom is -0.550 e. The molecule has 2 aromatic rings. The second-order valence-corrected chi connectivity index (χ2v) is 6.43. The Morgan fingerprint density at radius 1 is 1.00 bits per heavy atom. The van der Waals surface area contributed by atoms with Gasteiger partial charge in [-0.2, -0.15) is 0 Å². The monoisotopic (exact) mass is 368 g/mol. The number of hydrogen-bond acceptors (Lipinski definition) is 6. The number of aliphatic carboxylic acids is 1. The fraction of sp³-hybridized carbons (Fsp3) is 0.333. The Morgan fingerprint density at radius 3 is 2.37 bits per heavy atom. The van der Waals surface area contributed by atoms with E-state index < -0.39 is 17.9 Å². The smallest absolute Gasteiger partial charge is 0.311 e. The van der Waals surface area contributed by atoms with Crippen molar-refractivity contribution in [2.75, 3.05) is 31.2 Å². The topological polar surface area (TPSA) is 78.9 Å². The Morgan fingerprint density at radius 2 is 1.67 bits per heavy atom. The zero-order chi connectivity index (χ0) is 19.1. The first-order valence-corrected chi connectivity index (χ1v) is 9.00. The number of para-hydroxylation sites is 2. The number of carbonyl (C=O) groups excluding carboxylic acids is 2. The third kappa shape index (κ3) is 5.31. The maximum absolute atomic E-state index is 12.5. The van der Waals surface area contributed by atoms with Crippen molar-refractivity contribution in [2.45, 2.75) is 18.8 Å². The van der Waals surface area contributed by atoms with Gasteiger partial charge in [0.2, 0.25) is 0 Å². The Bertz CT molecular complexity index is 771. The van der Waals surface area contributed by atoms with Gasteiger partial charge < -0.3 is 24.3 Å². The molecule has 0 aromatic heterocycles. The normalized spacial score (nSPS) is 15.2. The summed E-state index contributed by atoms with van der Waals surface area (Å²) in [5, 5.41) is 11.1. The fourth-order valence-corrected chi connectivity index (χ4v) is 3.21. The van der Waals surface area contributed by atoms with E-state index in [4.69, 9.17) is 9.47 Å². The first-order valence-electron chi connectivity index (χ1n) is 9.00. The average Bonchev–Trinajstić information content (AvgIpc) is 2.69. The molecule has 0 spiro atoms. The summed E-state index contributed by atoms with van der Waals surface area (Å²) >= 11 is 0. The van der Waals surface area contributed by atoms with Crippen LogP contribution in [0, 0.1) is 0 Å². The highest BCUT2D eigenvalue weighted by molar-refractivity contribution is 5.77. The predicted molar refractivity (Wildman–Crippen MR) is 98.5 cm³/mol. The molecule has 6 heteroatoms. The number of esters is 1. The van der Waals surface area contributed by atoms with Crippen molar-refractivity contribution in [3.8, 4) is 5.75 Å².